The molecule has 1 aliphatic rings. The Morgan fingerprint density at radius 1 is 1.35 bits per heavy atom. The van der Waals surface area contributed by atoms with Crippen LogP contribution in [0.15, 0.2) is 30.3 Å². The maximum Gasteiger partial charge on any atom is 0.222 e. The summed E-state index contributed by atoms with van der Waals surface area (Å²) in [6, 6.07) is 10.5. The number of fused-ring (bicyclic) bond motifs is 1. The quantitative estimate of drug-likeness (QED) is 0.911. The molecule has 1 amide bonds. The van der Waals surface area contributed by atoms with E-state index in [9.17, 15) is 4.79 Å². The number of aromatic nitrogens is 1. The number of piperidine rings is 1. The Morgan fingerprint density at radius 3 is 2.95 bits per heavy atom. The van der Waals surface area contributed by atoms with E-state index in [1.807, 2.05) is 32.2 Å². The maximum atomic E-state index is 11.5. The monoisotopic (exact) mass is 269 g/mol. The first-order valence-corrected chi connectivity index (χ1v) is 7.00. The lowest BCUT2D eigenvalue weighted by atomic mass is 10.0. The van der Waals surface area contributed by atoms with Crippen LogP contribution in [-0.4, -0.2) is 35.4 Å². The van der Waals surface area contributed by atoms with Crippen LogP contribution in [0.2, 0.25) is 0 Å². The predicted molar refractivity (Wildman–Crippen MR) is 80.8 cm³/mol. The molecule has 1 N–H and O–H groups in total. The van der Waals surface area contributed by atoms with Crippen LogP contribution in [0.5, 0.6) is 0 Å². The number of rotatable bonds is 2. The average Bonchev–Trinajstić information content (AvgIpc) is 2.43. The molecule has 0 aliphatic carbocycles. The number of aryl methyl sites for hydroxylation is 1. The van der Waals surface area contributed by atoms with Crippen LogP contribution < -0.4 is 5.32 Å². The molecule has 1 aromatic carbocycles. The third kappa shape index (κ3) is 2.46. The smallest absolute Gasteiger partial charge is 0.222 e. The van der Waals surface area contributed by atoms with Gasteiger partial charge in [-0.25, -0.2) is 0 Å². The molecule has 1 saturated heterocycles. The minimum Gasteiger partial charge on any atom is -0.380 e. The van der Waals surface area contributed by atoms with Gasteiger partial charge in [0.2, 0.25) is 5.91 Å². The SMILES string of the molecule is Cc1cc(NC2CCC(=O)N(C)C2)c2ccccc2n1. The van der Waals surface area contributed by atoms with E-state index in [1.165, 1.54) is 0 Å². The molecule has 1 aliphatic heterocycles. The summed E-state index contributed by atoms with van der Waals surface area (Å²) in [6.07, 6.45) is 1.51. The van der Waals surface area contributed by atoms with Crippen LogP contribution in [0.1, 0.15) is 18.5 Å². The molecule has 0 saturated carbocycles. The van der Waals surface area contributed by atoms with Crippen molar-refractivity contribution in [3.63, 3.8) is 0 Å². The minimum absolute atomic E-state index is 0.235. The van der Waals surface area contributed by atoms with Gasteiger partial charge in [-0.2, -0.15) is 0 Å². The van der Waals surface area contributed by atoms with Crippen LogP contribution in [0.4, 0.5) is 5.69 Å². The zero-order chi connectivity index (χ0) is 14.1. The number of benzene rings is 1. The fraction of sp³-hybridized carbons (Fsp3) is 0.375. The molecule has 1 aromatic heterocycles. The van der Waals surface area contributed by atoms with Crippen LogP contribution in [0, 0.1) is 6.92 Å². The number of likely N-dealkylation sites (N-methyl/N-ethyl adjacent to an activating group) is 1. The summed E-state index contributed by atoms with van der Waals surface area (Å²) in [5.41, 5.74) is 3.13. The molecule has 0 spiro atoms. The maximum absolute atomic E-state index is 11.5. The minimum atomic E-state index is 0.235. The summed E-state index contributed by atoms with van der Waals surface area (Å²) in [5, 5.41) is 4.72. The highest BCUT2D eigenvalue weighted by atomic mass is 16.2. The zero-order valence-electron chi connectivity index (χ0n) is 11.9. The third-order valence-electron chi connectivity index (χ3n) is 3.83. The van der Waals surface area contributed by atoms with Crippen molar-refractivity contribution in [1.82, 2.24) is 9.88 Å². The lowest BCUT2D eigenvalue weighted by molar-refractivity contribution is -0.132. The molecular weight excluding hydrogens is 250 g/mol. The normalized spacial score (nSPS) is 19.4. The fourth-order valence-electron chi connectivity index (χ4n) is 2.78. The van der Waals surface area contributed by atoms with E-state index in [1.54, 1.807) is 4.90 Å². The van der Waals surface area contributed by atoms with Crippen molar-refractivity contribution >= 4 is 22.5 Å². The molecule has 0 bridgehead atoms. The molecule has 1 unspecified atom stereocenters. The van der Waals surface area contributed by atoms with Crippen LogP contribution in [0.25, 0.3) is 10.9 Å². The lowest BCUT2D eigenvalue weighted by Gasteiger charge is -2.31. The van der Waals surface area contributed by atoms with Crippen molar-refractivity contribution in [2.75, 3.05) is 18.9 Å². The van der Waals surface area contributed by atoms with Crippen LogP contribution in [-0.2, 0) is 4.79 Å². The second kappa shape index (κ2) is 5.12. The Hall–Kier alpha value is -2.10. The van der Waals surface area contributed by atoms with E-state index in [0.29, 0.717) is 12.5 Å². The summed E-state index contributed by atoms with van der Waals surface area (Å²) in [7, 11) is 1.87. The van der Waals surface area contributed by atoms with Gasteiger partial charge in [0.15, 0.2) is 0 Å². The standard InChI is InChI=1S/C16H19N3O/c1-11-9-15(13-5-3-4-6-14(13)17-11)18-12-7-8-16(20)19(2)10-12/h3-6,9,12H,7-8,10H2,1-2H3,(H,17,18). The Morgan fingerprint density at radius 2 is 2.15 bits per heavy atom. The molecule has 3 rings (SSSR count). The highest BCUT2D eigenvalue weighted by Crippen LogP contribution is 2.25. The highest BCUT2D eigenvalue weighted by molar-refractivity contribution is 5.91. The number of nitrogens with zero attached hydrogens (tertiary/aromatic N) is 2. The number of amides is 1. The number of likely N-dealkylation sites (tertiary alicyclic amines) is 1. The number of carbonyl (C=O) groups is 1. The van der Waals surface area contributed by atoms with Gasteiger partial charge in [0, 0.05) is 42.8 Å². The van der Waals surface area contributed by atoms with Gasteiger partial charge in [0.25, 0.3) is 0 Å². The van der Waals surface area contributed by atoms with Crippen molar-refractivity contribution in [1.29, 1.82) is 0 Å². The summed E-state index contributed by atoms with van der Waals surface area (Å²) in [5.74, 6) is 0.235. The third-order valence-corrected chi connectivity index (χ3v) is 3.83. The Balaban J connectivity index is 1.89. The van der Waals surface area contributed by atoms with Crippen molar-refractivity contribution in [3.05, 3.63) is 36.0 Å². The van der Waals surface area contributed by atoms with Gasteiger partial charge in [-0.1, -0.05) is 18.2 Å². The van der Waals surface area contributed by atoms with E-state index >= 15 is 0 Å². The number of anilines is 1. The van der Waals surface area contributed by atoms with Crippen LogP contribution in [0.3, 0.4) is 0 Å². The van der Waals surface area contributed by atoms with Crippen LogP contribution >= 0.6 is 0 Å². The molecule has 1 atom stereocenters. The number of pyridine rings is 1. The number of hydrogen-bond acceptors (Lipinski definition) is 3. The lowest BCUT2D eigenvalue weighted by Crippen LogP contribution is -2.43. The van der Waals surface area contributed by atoms with Gasteiger partial charge in [-0.15, -0.1) is 0 Å². The largest absolute Gasteiger partial charge is 0.380 e. The van der Waals surface area contributed by atoms with E-state index in [2.05, 4.69) is 22.4 Å². The second-order valence-corrected chi connectivity index (χ2v) is 5.48. The number of para-hydroxylation sites is 1. The van der Waals surface area contributed by atoms with Gasteiger partial charge >= 0.3 is 0 Å². The van der Waals surface area contributed by atoms with Gasteiger partial charge in [0.1, 0.15) is 0 Å². The molecular formula is C16H19N3O. The molecule has 20 heavy (non-hydrogen) atoms. The summed E-state index contributed by atoms with van der Waals surface area (Å²) < 4.78 is 0. The first-order chi connectivity index (χ1) is 9.63. The fourth-order valence-corrected chi connectivity index (χ4v) is 2.78. The summed E-state index contributed by atoms with van der Waals surface area (Å²) in [4.78, 5) is 17.9. The molecule has 2 aromatic rings. The van der Waals surface area contributed by atoms with E-state index in [4.69, 9.17) is 0 Å². The zero-order valence-corrected chi connectivity index (χ0v) is 11.9. The van der Waals surface area contributed by atoms with Gasteiger partial charge in [-0.05, 0) is 25.5 Å². The first kappa shape index (κ1) is 12.9. The van der Waals surface area contributed by atoms with E-state index < -0.39 is 0 Å². The summed E-state index contributed by atoms with van der Waals surface area (Å²) >= 11 is 0. The Labute approximate surface area is 118 Å². The first-order valence-electron chi connectivity index (χ1n) is 7.00. The second-order valence-electron chi connectivity index (χ2n) is 5.48. The van der Waals surface area contributed by atoms with Gasteiger partial charge in [0.05, 0.1) is 5.52 Å². The van der Waals surface area contributed by atoms with Gasteiger partial charge in [-0.3, -0.25) is 9.78 Å². The van der Waals surface area contributed by atoms with Crippen molar-refractivity contribution in [2.24, 2.45) is 0 Å². The number of carbonyl (C=O) groups excluding carboxylic acids is 1. The number of hydrogen-bond donors (Lipinski definition) is 1. The van der Waals surface area contributed by atoms with Crippen molar-refractivity contribution < 1.29 is 4.79 Å². The molecule has 4 nitrogen and oxygen atoms in total. The Bertz CT molecular complexity index is 653. The number of nitrogens with one attached hydrogen (secondary N) is 1. The molecule has 4 heteroatoms. The topological polar surface area (TPSA) is 45.2 Å². The molecule has 104 valence electrons. The molecule has 1 fully saturated rings. The Kier molecular flexibility index (Phi) is 3.30. The molecule has 0 radical (unpaired) electrons. The highest BCUT2D eigenvalue weighted by Gasteiger charge is 2.23. The van der Waals surface area contributed by atoms with E-state index in [-0.39, 0.29) is 5.91 Å². The van der Waals surface area contributed by atoms with Crippen molar-refractivity contribution in [3.8, 4) is 0 Å². The average molecular weight is 269 g/mol. The van der Waals surface area contributed by atoms with Crippen molar-refractivity contribution in [2.45, 2.75) is 25.8 Å². The summed E-state index contributed by atoms with van der Waals surface area (Å²) in [6.45, 7) is 2.77. The van der Waals surface area contributed by atoms with Gasteiger partial charge < -0.3 is 10.2 Å². The predicted octanol–water partition coefficient (Wildman–Crippen LogP) is 2.58. The van der Waals surface area contributed by atoms with E-state index in [0.717, 1.165) is 35.2 Å². The molecule has 2 heterocycles.